The number of aromatic nitrogens is 3. The Hall–Kier alpha value is -3.74. The number of anilines is 1. The summed E-state index contributed by atoms with van der Waals surface area (Å²) in [6.07, 6.45) is 5.34. The molecule has 0 radical (unpaired) electrons. The van der Waals surface area contributed by atoms with Gasteiger partial charge in [0.05, 0.1) is 11.6 Å². The molecule has 1 aliphatic rings. The van der Waals surface area contributed by atoms with Gasteiger partial charge in [0.25, 0.3) is 0 Å². The highest BCUT2D eigenvalue weighted by Crippen LogP contribution is 2.39. The van der Waals surface area contributed by atoms with Crippen LogP contribution in [-0.4, -0.2) is 27.0 Å². The standard InChI is InChI=1S/C24H25N5O2/c1-3-23(30)26-14-16-4-11-20(25-13-16)18-7-5-17(6-8-18)15(2)24(31)27-22-12-21(28-29-22)19-9-10-19/h3-8,11-13,15,19H,1,9-10,14H2,2H3,(H,26,30)(H2,27,28,29,31). The Morgan fingerprint density at radius 3 is 2.65 bits per heavy atom. The molecule has 4 rings (SSSR count). The van der Waals surface area contributed by atoms with E-state index in [-0.39, 0.29) is 17.7 Å². The summed E-state index contributed by atoms with van der Waals surface area (Å²) in [4.78, 5) is 28.3. The predicted octanol–water partition coefficient (Wildman–Crippen LogP) is 3.89. The zero-order valence-corrected chi connectivity index (χ0v) is 17.4. The lowest BCUT2D eigenvalue weighted by Crippen LogP contribution is -2.19. The van der Waals surface area contributed by atoms with Crippen LogP contribution in [-0.2, 0) is 16.1 Å². The molecule has 3 N–H and O–H groups in total. The minimum absolute atomic E-state index is 0.0920. The van der Waals surface area contributed by atoms with Gasteiger partial charge in [-0.15, -0.1) is 0 Å². The topological polar surface area (TPSA) is 99.8 Å². The Kier molecular flexibility index (Phi) is 5.93. The van der Waals surface area contributed by atoms with Crippen molar-refractivity contribution in [2.45, 2.75) is 38.1 Å². The third-order valence-corrected chi connectivity index (χ3v) is 5.44. The number of nitrogens with one attached hydrogen (secondary N) is 3. The van der Waals surface area contributed by atoms with E-state index in [4.69, 9.17) is 0 Å². The zero-order valence-electron chi connectivity index (χ0n) is 17.4. The number of carbonyl (C=O) groups excluding carboxylic acids is 2. The maximum absolute atomic E-state index is 12.6. The molecule has 158 valence electrons. The summed E-state index contributed by atoms with van der Waals surface area (Å²) in [5.41, 5.74) is 4.70. The third kappa shape index (κ3) is 5.06. The van der Waals surface area contributed by atoms with E-state index in [2.05, 4.69) is 32.4 Å². The Balaban J connectivity index is 1.36. The summed E-state index contributed by atoms with van der Waals surface area (Å²) in [6.45, 7) is 5.71. The van der Waals surface area contributed by atoms with E-state index in [1.165, 1.54) is 18.9 Å². The van der Waals surface area contributed by atoms with Crippen LogP contribution >= 0.6 is 0 Å². The highest BCUT2D eigenvalue weighted by atomic mass is 16.2. The second-order valence-corrected chi connectivity index (χ2v) is 7.79. The molecule has 0 saturated heterocycles. The number of carbonyl (C=O) groups is 2. The summed E-state index contributed by atoms with van der Waals surface area (Å²) in [5.74, 6) is 0.527. The molecule has 7 heteroatoms. The number of hydrogen-bond acceptors (Lipinski definition) is 4. The van der Waals surface area contributed by atoms with E-state index in [0.717, 1.165) is 28.1 Å². The molecule has 1 fully saturated rings. The van der Waals surface area contributed by atoms with Crippen LogP contribution in [0.1, 0.15) is 48.4 Å². The number of aromatic amines is 1. The molecule has 1 unspecified atom stereocenters. The van der Waals surface area contributed by atoms with Crippen molar-refractivity contribution in [1.29, 1.82) is 0 Å². The van der Waals surface area contributed by atoms with Gasteiger partial charge < -0.3 is 10.6 Å². The summed E-state index contributed by atoms with van der Waals surface area (Å²) < 4.78 is 0. The molecular formula is C24H25N5O2. The summed E-state index contributed by atoms with van der Waals surface area (Å²) >= 11 is 0. The Morgan fingerprint density at radius 2 is 2.00 bits per heavy atom. The van der Waals surface area contributed by atoms with Gasteiger partial charge in [-0.3, -0.25) is 19.7 Å². The van der Waals surface area contributed by atoms with Crippen molar-refractivity contribution in [3.63, 3.8) is 0 Å². The maximum atomic E-state index is 12.6. The quantitative estimate of drug-likeness (QED) is 0.486. The number of pyridine rings is 1. The first kappa shape index (κ1) is 20.5. The van der Waals surface area contributed by atoms with E-state index >= 15 is 0 Å². The lowest BCUT2D eigenvalue weighted by Gasteiger charge is -2.12. The number of hydrogen-bond donors (Lipinski definition) is 3. The van der Waals surface area contributed by atoms with Gasteiger partial charge in [-0.2, -0.15) is 5.10 Å². The van der Waals surface area contributed by atoms with Crippen molar-refractivity contribution in [2.24, 2.45) is 0 Å². The second kappa shape index (κ2) is 8.95. The van der Waals surface area contributed by atoms with E-state index < -0.39 is 0 Å². The first-order valence-corrected chi connectivity index (χ1v) is 10.3. The largest absolute Gasteiger partial charge is 0.348 e. The van der Waals surface area contributed by atoms with Crippen LogP contribution in [0.3, 0.4) is 0 Å². The normalized spacial score (nSPS) is 14.0. The molecule has 0 spiro atoms. The fourth-order valence-electron chi connectivity index (χ4n) is 3.29. The first-order chi connectivity index (χ1) is 15.0. The second-order valence-electron chi connectivity index (χ2n) is 7.79. The average molecular weight is 415 g/mol. The van der Waals surface area contributed by atoms with Gasteiger partial charge in [0.2, 0.25) is 11.8 Å². The number of benzene rings is 1. The molecule has 7 nitrogen and oxygen atoms in total. The molecule has 3 aromatic rings. The third-order valence-electron chi connectivity index (χ3n) is 5.44. The van der Waals surface area contributed by atoms with Crippen molar-refractivity contribution < 1.29 is 9.59 Å². The van der Waals surface area contributed by atoms with Gasteiger partial charge in [0.1, 0.15) is 0 Å². The summed E-state index contributed by atoms with van der Waals surface area (Å²) in [6, 6.07) is 13.6. The van der Waals surface area contributed by atoms with Crippen LogP contribution in [0.4, 0.5) is 5.82 Å². The lowest BCUT2D eigenvalue weighted by atomic mass is 9.98. The average Bonchev–Trinajstić information content (AvgIpc) is 3.56. The molecule has 1 saturated carbocycles. The Labute approximate surface area is 181 Å². The van der Waals surface area contributed by atoms with Crippen LogP contribution < -0.4 is 10.6 Å². The van der Waals surface area contributed by atoms with Crippen LogP contribution in [0.25, 0.3) is 11.3 Å². The summed E-state index contributed by atoms with van der Waals surface area (Å²) in [7, 11) is 0. The van der Waals surface area contributed by atoms with Crippen LogP contribution in [0.5, 0.6) is 0 Å². The van der Waals surface area contributed by atoms with E-state index in [9.17, 15) is 9.59 Å². The smallest absolute Gasteiger partial charge is 0.243 e. The molecule has 1 atom stereocenters. The highest BCUT2D eigenvalue weighted by Gasteiger charge is 2.26. The first-order valence-electron chi connectivity index (χ1n) is 10.3. The monoisotopic (exact) mass is 415 g/mol. The van der Waals surface area contributed by atoms with E-state index in [1.54, 1.807) is 6.20 Å². The maximum Gasteiger partial charge on any atom is 0.243 e. The molecule has 2 heterocycles. The molecule has 1 aromatic carbocycles. The zero-order chi connectivity index (χ0) is 21.8. The van der Waals surface area contributed by atoms with Crippen LogP contribution in [0.2, 0.25) is 0 Å². The van der Waals surface area contributed by atoms with Crippen LogP contribution in [0.15, 0.2) is 61.3 Å². The molecule has 31 heavy (non-hydrogen) atoms. The van der Waals surface area contributed by atoms with E-state index in [1.807, 2.05) is 49.4 Å². The van der Waals surface area contributed by atoms with Crippen LogP contribution in [0, 0.1) is 0 Å². The van der Waals surface area contributed by atoms with Gasteiger partial charge in [-0.25, -0.2) is 0 Å². The number of nitrogens with zero attached hydrogens (tertiary/aromatic N) is 2. The summed E-state index contributed by atoms with van der Waals surface area (Å²) in [5, 5.41) is 12.8. The minimum Gasteiger partial charge on any atom is -0.348 e. The molecule has 2 amide bonds. The van der Waals surface area contributed by atoms with Gasteiger partial charge in [-0.05, 0) is 43.0 Å². The lowest BCUT2D eigenvalue weighted by molar-refractivity contribution is -0.117. The highest BCUT2D eigenvalue weighted by molar-refractivity contribution is 5.95. The van der Waals surface area contributed by atoms with Gasteiger partial charge in [0, 0.05) is 36.0 Å². The molecule has 0 bridgehead atoms. The van der Waals surface area contributed by atoms with E-state index in [0.29, 0.717) is 18.3 Å². The molecule has 0 aliphatic heterocycles. The number of H-pyrrole nitrogens is 1. The molecule has 2 aromatic heterocycles. The van der Waals surface area contributed by atoms with Crippen molar-refractivity contribution in [1.82, 2.24) is 20.5 Å². The fourth-order valence-corrected chi connectivity index (χ4v) is 3.29. The Bertz CT molecular complexity index is 1080. The molecule has 1 aliphatic carbocycles. The minimum atomic E-state index is -0.307. The number of rotatable bonds is 8. The molecular weight excluding hydrogens is 390 g/mol. The van der Waals surface area contributed by atoms with Crippen molar-refractivity contribution in [3.05, 3.63) is 78.1 Å². The van der Waals surface area contributed by atoms with Gasteiger partial charge >= 0.3 is 0 Å². The number of amides is 2. The van der Waals surface area contributed by atoms with Gasteiger partial charge in [-0.1, -0.05) is 36.9 Å². The Morgan fingerprint density at radius 1 is 1.23 bits per heavy atom. The van der Waals surface area contributed by atoms with Crippen molar-refractivity contribution >= 4 is 17.6 Å². The fraction of sp³-hybridized carbons (Fsp3) is 0.250. The SMILES string of the molecule is C=CC(=O)NCc1ccc(-c2ccc(C(C)C(=O)Nc3cc(C4CC4)[nH]n3)cc2)nc1. The van der Waals surface area contributed by atoms with Gasteiger partial charge in [0.15, 0.2) is 5.82 Å². The van der Waals surface area contributed by atoms with Crippen molar-refractivity contribution in [2.75, 3.05) is 5.32 Å². The van der Waals surface area contributed by atoms with Crippen molar-refractivity contribution in [3.8, 4) is 11.3 Å². The predicted molar refractivity (Wildman–Crippen MR) is 119 cm³/mol.